The van der Waals surface area contributed by atoms with Gasteiger partial charge in [-0.15, -0.1) is 11.3 Å². The van der Waals surface area contributed by atoms with Crippen molar-refractivity contribution in [2.24, 2.45) is 0 Å². The first kappa shape index (κ1) is 17.6. The minimum atomic E-state index is -0.552. The van der Waals surface area contributed by atoms with Crippen LogP contribution in [0.5, 0.6) is 0 Å². The van der Waals surface area contributed by atoms with Crippen molar-refractivity contribution < 1.29 is 9.90 Å². The monoisotopic (exact) mass is 333 g/mol. The van der Waals surface area contributed by atoms with Gasteiger partial charge in [0.15, 0.2) is 0 Å². The molecule has 0 bridgehead atoms. The predicted molar refractivity (Wildman–Crippen MR) is 93.8 cm³/mol. The number of amides is 1. The third kappa shape index (κ3) is 5.42. The van der Waals surface area contributed by atoms with Crippen molar-refractivity contribution in [3.63, 3.8) is 0 Å². The number of hydrogen-bond donors (Lipinski definition) is 3. The highest BCUT2D eigenvalue weighted by Gasteiger charge is 2.11. The van der Waals surface area contributed by atoms with Gasteiger partial charge < -0.3 is 15.7 Å². The van der Waals surface area contributed by atoms with Gasteiger partial charge in [-0.05, 0) is 43.5 Å². The molecule has 0 saturated carbocycles. The van der Waals surface area contributed by atoms with Gasteiger partial charge in [-0.2, -0.15) is 0 Å². The largest absolute Gasteiger partial charge is 0.385 e. The van der Waals surface area contributed by atoms with Gasteiger partial charge in [0.1, 0.15) is 6.10 Å². The number of hydrogen-bond acceptors (Lipinski definition) is 5. The van der Waals surface area contributed by atoms with Crippen molar-refractivity contribution in [1.29, 1.82) is 0 Å². The van der Waals surface area contributed by atoms with Crippen LogP contribution in [-0.2, 0) is 4.79 Å². The molecule has 0 aliphatic heterocycles. The Bertz CT molecular complexity index is 613. The topological polar surface area (TPSA) is 74.2 Å². The van der Waals surface area contributed by atoms with Crippen LogP contribution < -0.4 is 10.6 Å². The maximum Gasteiger partial charge on any atom is 0.211 e. The van der Waals surface area contributed by atoms with Crippen LogP contribution in [0, 0.1) is 6.92 Å². The molecule has 2 atom stereocenters. The molecule has 3 N–H and O–H groups in total. The van der Waals surface area contributed by atoms with Gasteiger partial charge in [0.25, 0.3) is 0 Å². The summed E-state index contributed by atoms with van der Waals surface area (Å²) in [5.41, 5.74) is 2.78. The van der Waals surface area contributed by atoms with Crippen LogP contribution >= 0.6 is 11.3 Å². The third-order valence-electron chi connectivity index (χ3n) is 3.78. The van der Waals surface area contributed by atoms with Crippen LogP contribution in [0.3, 0.4) is 0 Å². The van der Waals surface area contributed by atoms with Crippen molar-refractivity contribution in [1.82, 2.24) is 10.3 Å². The van der Waals surface area contributed by atoms with E-state index in [1.165, 1.54) is 5.56 Å². The summed E-state index contributed by atoms with van der Waals surface area (Å²) in [4.78, 5) is 14.7. The second kappa shape index (κ2) is 8.76. The Balaban J connectivity index is 1.71. The molecule has 1 aromatic carbocycles. The molecule has 2 aromatic rings. The standard InChI is InChI=1S/C17H23N3O2S/c1-12(14-3-5-15(6-4-14)19-11-21)7-8-18-9-17(22)16-10-23-13(2)20-16/h3-6,10-12,17-18,22H,7-9H2,1-2H3,(H,19,21). The van der Waals surface area contributed by atoms with Gasteiger partial charge in [0.2, 0.25) is 6.41 Å². The van der Waals surface area contributed by atoms with Crippen molar-refractivity contribution in [3.8, 4) is 0 Å². The average Bonchev–Trinajstić information content (AvgIpc) is 2.99. The number of aliphatic hydroxyl groups is 1. The van der Waals surface area contributed by atoms with E-state index >= 15 is 0 Å². The Morgan fingerprint density at radius 3 is 2.70 bits per heavy atom. The number of aromatic nitrogens is 1. The summed E-state index contributed by atoms with van der Waals surface area (Å²) in [6, 6.07) is 7.87. The van der Waals surface area contributed by atoms with Crippen LogP contribution in [0.2, 0.25) is 0 Å². The number of nitrogens with one attached hydrogen (secondary N) is 2. The van der Waals surface area contributed by atoms with E-state index in [2.05, 4.69) is 22.5 Å². The summed E-state index contributed by atoms with van der Waals surface area (Å²) in [7, 11) is 0. The van der Waals surface area contributed by atoms with Gasteiger partial charge in [0, 0.05) is 17.6 Å². The number of anilines is 1. The van der Waals surface area contributed by atoms with Crippen molar-refractivity contribution >= 4 is 23.4 Å². The predicted octanol–water partition coefficient (Wildman–Crippen LogP) is 2.84. The molecule has 124 valence electrons. The average molecular weight is 333 g/mol. The van der Waals surface area contributed by atoms with Crippen molar-refractivity contribution in [2.45, 2.75) is 32.3 Å². The smallest absolute Gasteiger partial charge is 0.211 e. The lowest BCUT2D eigenvalue weighted by Crippen LogP contribution is -2.23. The van der Waals surface area contributed by atoms with Gasteiger partial charge in [-0.3, -0.25) is 4.79 Å². The molecule has 0 fully saturated rings. The van der Waals surface area contributed by atoms with Gasteiger partial charge in [0.05, 0.1) is 10.7 Å². The molecule has 6 heteroatoms. The molecule has 5 nitrogen and oxygen atoms in total. The summed E-state index contributed by atoms with van der Waals surface area (Å²) in [6.07, 6.45) is 1.10. The molecule has 0 saturated heterocycles. The van der Waals surface area contributed by atoms with Crippen molar-refractivity contribution in [3.05, 3.63) is 45.9 Å². The molecule has 2 rings (SSSR count). The Morgan fingerprint density at radius 1 is 1.35 bits per heavy atom. The molecule has 1 amide bonds. The first-order valence-corrected chi connectivity index (χ1v) is 8.59. The Hall–Kier alpha value is -1.76. The first-order valence-electron chi connectivity index (χ1n) is 7.71. The molecule has 1 heterocycles. The van der Waals surface area contributed by atoms with E-state index < -0.39 is 6.10 Å². The van der Waals surface area contributed by atoms with E-state index in [1.54, 1.807) is 11.3 Å². The zero-order valence-electron chi connectivity index (χ0n) is 13.5. The van der Waals surface area contributed by atoms with E-state index in [-0.39, 0.29) is 0 Å². The summed E-state index contributed by atoms with van der Waals surface area (Å²) in [5, 5.41) is 18.8. The lowest BCUT2D eigenvalue weighted by Gasteiger charge is -2.14. The number of rotatable bonds is 9. The minimum Gasteiger partial charge on any atom is -0.385 e. The quantitative estimate of drug-likeness (QED) is 0.487. The van der Waals surface area contributed by atoms with Crippen LogP contribution in [0.25, 0.3) is 0 Å². The van der Waals surface area contributed by atoms with Gasteiger partial charge in [-0.1, -0.05) is 19.1 Å². The maximum atomic E-state index is 10.4. The highest BCUT2D eigenvalue weighted by molar-refractivity contribution is 7.09. The number of aryl methyl sites for hydroxylation is 1. The molecule has 0 aliphatic carbocycles. The fourth-order valence-electron chi connectivity index (χ4n) is 2.34. The van der Waals surface area contributed by atoms with E-state index in [0.717, 1.165) is 29.4 Å². The number of carbonyl (C=O) groups is 1. The van der Waals surface area contributed by atoms with Crippen LogP contribution in [-0.4, -0.2) is 29.6 Å². The van der Waals surface area contributed by atoms with E-state index in [1.807, 2.05) is 36.6 Å². The molecular weight excluding hydrogens is 310 g/mol. The number of benzene rings is 1. The van der Waals surface area contributed by atoms with Crippen LogP contribution in [0.15, 0.2) is 29.6 Å². The normalized spacial score (nSPS) is 13.5. The molecule has 1 aromatic heterocycles. The summed E-state index contributed by atoms with van der Waals surface area (Å²) in [6.45, 7) is 5.45. The highest BCUT2D eigenvalue weighted by atomic mass is 32.1. The summed E-state index contributed by atoms with van der Waals surface area (Å²) >= 11 is 1.55. The molecule has 0 aliphatic rings. The van der Waals surface area contributed by atoms with Crippen molar-refractivity contribution in [2.75, 3.05) is 18.4 Å². The Kier molecular flexibility index (Phi) is 6.70. The Labute approximate surface area is 140 Å². The van der Waals surface area contributed by atoms with E-state index in [0.29, 0.717) is 18.9 Å². The maximum absolute atomic E-state index is 10.4. The molecule has 0 spiro atoms. The fraction of sp³-hybridized carbons (Fsp3) is 0.412. The molecule has 0 radical (unpaired) electrons. The second-order valence-electron chi connectivity index (χ2n) is 5.59. The lowest BCUT2D eigenvalue weighted by atomic mass is 9.97. The number of aliphatic hydroxyl groups excluding tert-OH is 1. The van der Waals surface area contributed by atoms with Gasteiger partial charge in [-0.25, -0.2) is 4.98 Å². The first-order chi connectivity index (χ1) is 11.1. The molecular formula is C17H23N3O2S. The lowest BCUT2D eigenvalue weighted by molar-refractivity contribution is -0.105. The SMILES string of the molecule is Cc1nc(C(O)CNCCC(C)c2ccc(NC=O)cc2)cs1. The summed E-state index contributed by atoms with van der Waals surface area (Å²) in [5.74, 6) is 0.409. The van der Waals surface area contributed by atoms with Crippen LogP contribution in [0.1, 0.15) is 41.6 Å². The highest BCUT2D eigenvalue weighted by Crippen LogP contribution is 2.20. The third-order valence-corrected chi connectivity index (χ3v) is 4.57. The second-order valence-corrected chi connectivity index (χ2v) is 6.65. The van der Waals surface area contributed by atoms with E-state index in [4.69, 9.17) is 0 Å². The fourth-order valence-corrected chi connectivity index (χ4v) is 3.00. The molecule has 2 unspecified atom stereocenters. The number of carbonyl (C=O) groups excluding carboxylic acids is 1. The molecule has 23 heavy (non-hydrogen) atoms. The Morgan fingerprint density at radius 2 is 2.09 bits per heavy atom. The zero-order valence-corrected chi connectivity index (χ0v) is 14.3. The van der Waals surface area contributed by atoms with Crippen LogP contribution in [0.4, 0.5) is 5.69 Å². The minimum absolute atomic E-state index is 0.409. The zero-order chi connectivity index (χ0) is 16.7. The van der Waals surface area contributed by atoms with E-state index in [9.17, 15) is 9.90 Å². The summed E-state index contributed by atoms with van der Waals surface area (Å²) < 4.78 is 0. The van der Waals surface area contributed by atoms with Gasteiger partial charge >= 0.3 is 0 Å². The number of nitrogens with zero attached hydrogens (tertiary/aromatic N) is 1. The number of thiazole rings is 1.